The second-order valence-electron chi connectivity index (χ2n) is 4.93. The van der Waals surface area contributed by atoms with Crippen molar-refractivity contribution < 1.29 is 30.4 Å². The quantitative estimate of drug-likeness (QED) is 0.560. The van der Waals surface area contributed by atoms with Crippen LogP contribution in [0.3, 0.4) is 0 Å². The van der Waals surface area contributed by atoms with Crippen molar-refractivity contribution in [3.8, 4) is 0 Å². The molecule has 0 saturated carbocycles. The van der Waals surface area contributed by atoms with Gasteiger partial charge in [0.05, 0.1) is 10.6 Å². The van der Waals surface area contributed by atoms with E-state index in [0.717, 1.165) is 18.2 Å². The van der Waals surface area contributed by atoms with Crippen LogP contribution in [-0.2, 0) is 16.2 Å². The van der Waals surface area contributed by atoms with Gasteiger partial charge in [0.15, 0.2) is 4.90 Å². The predicted octanol–water partition coefficient (Wildman–Crippen LogP) is 3.42. The summed E-state index contributed by atoms with van der Waals surface area (Å²) in [6, 6.07) is 3.27. The lowest BCUT2D eigenvalue weighted by atomic mass is 10.3. The van der Waals surface area contributed by atoms with E-state index in [-0.39, 0.29) is 23.9 Å². The number of hydrogen-bond acceptors (Lipinski definition) is 4. The number of rotatable bonds is 6. The van der Waals surface area contributed by atoms with Gasteiger partial charge in [0, 0.05) is 19.3 Å². The van der Waals surface area contributed by atoms with E-state index in [2.05, 4.69) is 10.3 Å². The Morgan fingerprint density at radius 3 is 2.27 bits per heavy atom. The molecule has 0 aliphatic carbocycles. The molecular weight excluding hydrogens is 405 g/mol. The number of sulfonamides is 1. The summed E-state index contributed by atoms with van der Waals surface area (Å²) in [6.07, 6.45) is -4.04. The average molecular weight is 416 g/mol. The molecule has 1 aromatic heterocycles. The number of benzene rings is 1. The molecule has 0 amide bonds. The highest BCUT2D eigenvalue weighted by Gasteiger charge is 2.31. The Balaban J connectivity index is 1.99. The minimum Gasteiger partial charge on any atom is -0.368 e. The highest BCUT2D eigenvalue weighted by Crippen LogP contribution is 2.32. The largest absolute Gasteiger partial charge is 0.417 e. The maximum Gasteiger partial charge on any atom is 0.417 e. The van der Waals surface area contributed by atoms with Gasteiger partial charge in [-0.15, -0.1) is 0 Å². The fraction of sp³-hybridized carbons (Fsp3) is 0.214. The molecule has 0 unspecified atom stereocenters. The summed E-state index contributed by atoms with van der Waals surface area (Å²) in [5.41, 5.74) is -1.04. The fourth-order valence-corrected chi connectivity index (χ4v) is 3.30. The van der Waals surface area contributed by atoms with Crippen molar-refractivity contribution in [3.05, 3.63) is 52.7 Å². The summed E-state index contributed by atoms with van der Waals surface area (Å²) in [4.78, 5) is 2.39. The van der Waals surface area contributed by atoms with Gasteiger partial charge in [-0.05, 0) is 18.2 Å². The molecule has 0 bridgehead atoms. The smallest absolute Gasteiger partial charge is 0.368 e. The lowest BCUT2D eigenvalue weighted by Gasteiger charge is -2.12. The molecule has 2 aromatic rings. The van der Waals surface area contributed by atoms with Crippen LogP contribution in [-0.4, -0.2) is 26.5 Å². The molecule has 2 rings (SSSR count). The number of anilines is 1. The Morgan fingerprint density at radius 1 is 1.12 bits per heavy atom. The molecule has 2 N–H and O–H groups in total. The van der Waals surface area contributed by atoms with Crippen molar-refractivity contribution in [2.24, 2.45) is 0 Å². The SMILES string of the molecule is O=S(=O)(NCCNc1ncc(C(F)(F)F)cc1Cl)c1c(F)cccc1F. The van der Waals surface area contributed by atoms with Crippen molar-refractivity contribution in [2.45, 2.75) is 11.1 Å². The summed E-state index contributed by atoms with van der Waals surface area (Å²) >= 11 is 5.68. The first-order valence-corrected chi connectivity index (χ1v) is 8.79. The van der Waals surface area contributed by atoms with Crippen LogP contribution in [0.25, 0.3) is 0 Å². The topological polar surface area (TPSA) is 71.1 Å². The van der Waals surface area contributed by atoms with Crippen LogP contribution in [0.2, 0.25) is 5.02 Å². The Labute approximate surface area is 150 Å². The number of aromatic nitrogens is 1. The molecule has 142 valence electrons. The van der Waals surface area contributed by atoms with Crippen LogP contribution in [0.4, 0.5) is 27.8 Å². The van der Waals surface area contributed by atoms with Gasteiger partial charge in [-0.1, -0.05) is 17.7 Å². The van der Waals surface area contributed by atoms with E-state index in [1.54, 1.807) is 0 Å². The van der Waals surface area contributed by atoms with Crippen LogP contribution in [0.5, 0.6) is 0 Å². The first-order chi connectivity index (χ1) is 12.0. The lowest BCUT2D eigenvalue weighted by Crippen LogP contribution is -2.30. The normalized spacial score (nSPS) is 12.2. The molecule has 26 heavy (non-hydrogen) atoms. The molecule has 5 nitrogen and oxygen atoms in total. The van der Waals surface area contributed by atoms with Gasteiger partial charge in [0.1, 0.15) is 17.5 Å². The first-order valence-electron chi connectivity index (χ1n) is 6.92. The van der Waals surface area contributed by atoms with Crippen molar-refractivity contribution in [1.29, 1.82) is 0 Å². The highest BCUT2D eigenvalue weighted by atomic mass is 35.5. The number of alkyl halides is 3. The summed E-state index contributed by atoms with van der Waals surface area (Å²) in [7, 11) is -4.45. The number of pyridine rings is 1. The highest BCUT2D eigenvalue weighted by molar-refractivity contribution is 7.89. The Bertz CT molecular complexity index is 886. The van der Waals surface area contributed by atoms with Crippen LogP contribution in [0, 0.1) is 11.6 Å². The van der Waals surface area contributed by atoms with Gasteiger partial charge in [-0.3, -0.25) is 0 Å². The molecule has 0 fully saturated rings. The van der Waals surface area contributed by atoms with Crippen molar-refractivity contribution in [2.75, 3.05) is 18.4 Å². The fourth-order valence-electron chi connectivity index (χ4n) is 1.90. The summed E-state index contributed by atoms with van der Waals surface area (Å²) in [6.45, 7) is -0.470. The summed E-state index contributed by atoms with van der Waals surface area (Å²) < 4.78 is 90.4. The number of nitrogens with zero attached hydrogens (tertiary/aromatic N) is 1. The zero-order chi connectivity index (χ0) is 19.5. The van der Waals surface area contributed by atoms with Gasteiger partial charge in [0.2, 0.25) is 10.0 Å². The van der Waals surface area contributed by atoms with E-state index < -0.39 is 38.3 Å². The first kappa shape index (κ1) is 20.3. The molecule has 0 spiro atoms. The van der Waals surface area contributed by atoms with Gasteiger partial charge in [-0.2, -0.15) is 13.2 Å². The third kappa shape index (κ3) is 4.80. The van der Waals surface area contributed by atoms with E-state index in [1.165, 1.54) is 0 Å². The number of halogens is 6. The second kappa shape index (κ2) is 7.72. The lowest BCUT2D eigenvalue weighted by molar-refractivity contribution is -0.137. The Hall–Kier alpha value is -1.98. The molecule has 0 radical (unpaired) electrons. The number of nitrogens with one attached hydrogen (secondary N) is 2. The van der Waals surface area contributed by atoms with E-state index in [4.69, 9.17) is 11.6 Å². The van der Waals surface area contributed by atoms with Crippen LogP contribution in [0.1, 0.15) is 5.56 Å². The zero-order valence-electron chi connectivity index (χ0n) is 12.7. The molecule has 0 aliphatic rings. The van der Waals surface area contributed by atoms with Crippen molar-refractivity contribution in [3.63, 3.8) is 0 Å². The van der Waals surface area contributed by atoms with Gasteiger partial charge >= 0.3 is 6.18 Å². The maximum atomic E-state index is 13.5. The Morgan fingerprint density at radius 2 is 1.73 bits per heavy atom. The summed E-state index contributed by atoms with van der Waals surface area (Å²) in [5, 5.41) is 2.20. The molecule has 0 saturated heterocycles. The third-order valence-electron chi connectivity index (χ3n) is 3.07. The monoisotopic (exact) mass is 415 g/mol. The standard InChI is InChI=1S/C14H11ClF5N3O2S/c15-9-6-8(14(18,19)20)7-22-13(9)21-4-5-23-26(24,25)12-10(16)2-1-3-11(12)17/h1-3,6-7,23H,4-5H2,(H,21,22). The predicted molar refractivity (Wildman–Crippen MR) is 84.3 cm³/mol. The van der Waals surface area contributed by atoms with Crippen molar-refractivity contribution >= 4 is 27.4 Å². The van der Waals surface area contributed by atoms with E-state index in [1.807, 2.05) is 4.72 Å². The Kier molecular flexibility index (Phi) is 6.04. The molecule has 12 heteroatoms. The minimum atomic E-state index is -4.60. The van der Waals surface area contributed by atoms with E-state index in [9.17, 15) is 30.4 Å². The van der Waals surface area contributed by atoms with Crippen LogP contribution >= 0.6 is 11.6 Å². The van der Waals surface area contributed by atoms with E-state index in [0.29, 0.717) is 12.3 Å². The molecule has 1 heterocycles. The van der Waals surface area contributed by atoms with Crippen molar-refractivity contribution in [1.82, 2.24) is 9.71 Å². The zero-order valence-corrected chi connectivity index (χ0v) is 14.3. The number of hydrogen-bond donors (Lipinski definition) is 2. The second-order valence-corrected chi connectivity index (χ2v) is 7.04. The molecule has 0 aliphatic heterocycles. The van der Waals surface area contributed by atoms with Gasteiger partial charge < -0.3 is 5.32 Å². The molecule has 1 aromatic carbocycles. The van der Waals surface area contributed by atoms with Crippen LogP contribution < -0.4 is 10.0 Å². The molecule has 0 atom stereocenters. The van der Waals surface area contributed by atoms with E-state index >= 15 is 0 Å². The maximum absolute atomic E-state index is 13.5. The van der Waals surface area contributed by atoms with Gasteiger partial charge in [-0.25, -0.2) is 26.9 Å². The van der Waals surface area contributed by atoms with Gasteiger partial charge in [0.25, 0.3) is 0 Å². The summed E-state index contributed by atoms with van der Waals surface area (Å²) in [5.74, 6) is -2.60. The van der Waals surface area contributed by atoms with Crippen LogP contribution in [0.15, 0.2) is 35.4 Å². The molecular formula is C14H11ClF5N3O2S. The third-order valence-corrected chi connectivity index (χ3v) is 4.87. The minimum absolute atomic E-state index is 0.101. The average Bonchev–Trinajstić information content (AvgIpc) is 2.51.